The van der Waals surface area contributed by atoms with Crippen LogP contribution in [0.1, 0.15) is 5.56 Å². The predicted molar refractivity (Wildman–Crippen MR) is 55.3 cm³/mol. The van der Waals surface area contributed by atoms with Crippen molar-refractivity contribution in [1.82, 2.24) is 9.97 Å². The van der Waals surface area contributed by atoms with E-state index in [4.69, 9.17) is 0 Å². The van der Waals surface area contributed by atoms with Gasteiger partial charge in [-0.3, -0.25) is 0 Å². The number of H-pyrrole nitrogens is 1. The van der Waals surface area contributed by atoms with E-state index in [1.165, 1.54) is 6.07 Å². The number of nitrogens with zero attached hydrogens (tertiary/aromatic N) is 1. The Morgan fingerprint density at radius 2 is 1.89 bits per heavy atom. The molecule has 3 nitrogen and oxygen atoms in total. The average Bonchev–Trinajstić information content (AvgIpc) is 2.28. The van der Waals surface area contributed by atoms with Gasteiger partial charge in [0.15, 0.2) is 0 Å². The second-order valence-corrected chi connectivity index (χ2v) is 3.48. The fourth-order valence-corrected chi connectivity index (χ4v) is 1.45. The molecule has 0 aliphatic carbocycles. The number of halogens is 4. The third-order valence-electron chi connectivity index (χ3n) is 2.26. The molecule has 0 aliphatic rings. The lowest BCUT2D eigenvalue weighted by molar-refractivity contribution is -0.139. The molecule has 0 spiro atoms. The van der Waals surface area contributed by atoms with E-state index in [1.54, 1.807) is 0 Å². The number of aromatic nitrogens is 2. The third kappa shape index (κ3) is 2.39. The summed E-state index contributed by atoms with van der Waals surface area (Å²) in [5.74, 6) is -1.36. The maximum absolute atomic E-state index is 13.1. The Kier molecular flexibility index (Phi) is 2.90. The van der Waals surface area contributed by atoms with Gasteiger partial charge in [-0.15, -0.1) is 0 Å². The van der Waals surface area contributed by atoms with Crippen LogP contribution in [0.2, 0.25) is 0 Å². The highest BCUT2D eigenvalue weighted by Crippen LogP contribution is 2.33. The summed E-state index contributed by atoms with van der Waals surface area (Å²) in [7, 11) is 0. The number of hydrogen-bond acceptors (Lipinski definition) is 2. The minimum absolute atomic E-state index is 0.0585. The first-order chi connectivity index (χ1) is 8.38. The Labute approximate surface area is 98.1 Å². The highest BCUT2D eigenvalue weighted by atomic mass is 19.4. The summed E-state index contributed by atoms with van der Waals surface area (Å²) in [4.78, 5) is 16.6. The zero-order valence-corrected chi connectivity index (χ0v) is 8.75. The molecule has 2 aromatic rings. The van der Waals surface area contributed by atoms with Gasteiger partial charge >= 0.3 is 11.9 Å². The van der Waals surface area contributed by atoms with Crippen molar-refractivity contribution in [2.24, 2.45) is 0 Å². The van der Waals surface area contributed by atoms with E-state index in [0.717, 1.165) is 12.3 Å². The molecule has 0 radical (unpaired) electrons. The fraction of sp³-hybridized carbons (Fsp3) is 0.0909. The SMILES string of the molecule is O=c1nccc(-c2ccc(F)c(C(F)(F)F)c2)[nH]1. The van der Waals surface area contributed by atoms with Gasteiger partial charge in [-0.2, -0.15) is 13.2 Å². The minimum atomic E-state index is -4.78. The van der Waals surface area contributed by atoms with E-state index >= 15 is 0 Å². The molecule has 1 heterocycles. The summed E-state index contributed by atoms with van der Waals surface area (Å²) in [6.45, 7) is 0. The smallest absolute Gasteiger partial charge is 0.305 e. The summed E-state index contributed by atoms with van der Waals surface area (Å²) in [6, 6.07) is 3.82. The lowest BCUT2D eigenvalue weighted by atomic mass is 10.1. The van der Waals surface area contributed by atoms with Crippen LogP contribution in [0, 0.1) is 5.82 Å². The molecule has 1 aromatic heterocycles. The molecule has 0 saturated carbocycles. The van der Waals surface area contributed by atoms with Gasteiger partial charge in [0.25, 0.3) is 0 Å². The van der Waals surface area contributed by atoms with Gasteiger partial charge in [0.2, 0.25) is 0 Å². The lowest BCUT2D eigenvalue weighted by Gasteiger charge is -2.09. The van der Waals surface area contributed by atoms with Crippen molar-refractivity contribution < 1.29 is 17.6 Å². The molecular weight excluding hydrogens is 252 g/mol. The molecule has 0 unspecified atom stereocenters. The molecule has 0 amide bonds. The summed E-state index contributed by atoms with van der Waals surface area (Å²) >= 11 is 0. The summed E-state index contributed by atoms with van der Waals surface area (Å²) in [5, 5.41) is 0. The van der Waals surface area contributed by atoms with E-state index in [9.17, 15) is 22.4 Å². The Morgan fingerprint density at radius 3 is 2.50 bits per heavy atom. The zero-order valence-electron chi connectivity index (χ0n) is 8.75. The van der Waals surface area contributed by atoms with Crippen molar-refractivity contribution in [3.05, 3.63) is 52.3 Å². The van der Waals surface area contributed by atoms with E-state index in [0.29, 0.717) is 12.1 Å². The van der Waals surface area contributed by atoms with Crippen LogP contribution >= 0.6 is 0 Å². The topological polar surface area (TPSA) is 45.8 Å². The van der Waals surface area contributed by atoms with Gasteiger partial charge in [0.1, 0.15) is 5.82 Å². The molecule has 0 fully saturated rings. The van der Waals surface area contributed by atoms with Crippen molar-refractivity contribution in [2.45, 2.75) is 6.18 Å². The fourth-order valence-electron chi connectivity index (χ4n) is 1.45. The number of benzene rings is 1. The molecule has 0 saturated heterocycles. The highest BCUT2D eigenvalue weighted by molar-refractivity contribution is 5.59. The van der Waals surface area contributed by atoms with Crippen LogP contribution in [-0.4, -0.2) is 9.97 Å². The first kappa shape index (κ1) is 12.3. The largest absolute Gasteiger partial charge is 0.419 e. The van der Waals surface area contributed by atoms with Crippen molar-refractivity contribution in [3.8, 4) is 11.3 Å². The monoisotopic (exact) mass is 258 g/mol. The third-order valence-corrected chi connectivity index (χ3v) is 2.26. The van der Waals surface area contributed by atoms with Gasteiger partial charge in [0.05, 0.1) is 11.3 Å². The van der Waals surface area contributed by atoms with Crippen LogP contribution in [0.4, 0.5) is 17.6 Å². The van der Waals surface area contributed by atoms with Crippen LogP contribution in [0.5, 0.6) is 0 Å². The van der Waals surface area contributed by atoms with Gasteiger partial charge in [-0.05, 0) is 29.8 Å². The van der Waals surface area contributed by atoms with Crippen LogP contribution in [0.25, 0.3) is 11.3 Å². The van der Waals surface area contributed by atoms with Crippen LogP contribution in [-0.2, 0) is 6.18 Å². The van der Waals surface area contributed by atoms with Gasteiger partial charge < -0.3 is 4.98 Å². The molecule has 7 heteroatoms. The van der Waals surface area contributed by atoms with Crippen molar-refractivity contribution in [3.63, 3.8) is 0 Å². The Bertz CT molecular complexity index is 633. The lowest BCUT2D eigenvalue weighted by Crippen LogP contribution is -2.11. The predicted octanol–water partition coefficient (Wildman–Crippen LogP) is 2.59. The molecule has 1 aromatic carbocycles. The highest BCUT2D eigenvalue weighted by Gasteiger charge is 2.34. The van der Waals surface area contributed by atoms with E-state index in [1.807, 2.05) is 0 Å². The second-order valence-electron chi connectivity index (χ2n) is 3.48. The normalized spacial score (nSPS) is 11.6. The van der Waals surface area contributed by atoms with E-state index in [-0.39, 0.29) is 11.3 Å². The minimum Gasteiger partial charge on any atom is -0.305 e. The first-order valence-corrected chi connectivity index (χ1v) is 4.80. The number of hydrogen-bond donors (Lipinski definition) is 1. The summed E-state index contributed by atoms with van der Waals surface area (Å²) < 4.78 is 50.6. The molecule has 0 bridgehead atoms. The van der Waals surface area contributed by atoms with Gasteiger partial charge in [-0.1, -0.05) is 0 Å². The number of alkyl halides is 3. The van der Waals surface area contributed by atoms with Crippen molar-refractivity contribution in [1.29, 1.82) is 0 Å². The molecule has 18 heavy (non-hydrogen) atoms. The van der Waals surface area contributed by atoms with E-state index in [2.05, 4.69) is 9.97 Å². The van der Waals surface area contributed by atoms with Crippen molar-refractivity contribution >= 4 is 0 Å². The molecule has 94 valence electrons. The number of nitrogens with one attached hydrogen (secondary N) is 1. The maximum Gasteiger partial charge on any atom is 0.419 e. The average molecular weight is 258 g/mol. The Morgan fingerprint density at radius 1 is 1.17 bits per heavy atom. The van der Waals surface area contributed by atoms with Crippen LogP contribution in [0.15, 0.2) is 35.3 Å². The standard InChI is InChI=1S/C11H6F4N2O/c12-8-2-1-6(5-7(8)11(13,14)15)9-3-4-16-10(18)17-9/h1-5H,(H,16,17,18). The van der Waals surface area contributed by atoms with E-state index < -0.39 is 23.2 Å². The first-order valence-electron chi connectivity index (χ1n) is 4.80. The molecule has 0 aliphatic heterocycles. The summed E-state index contributed by atoms with van der Waals surface area (Å²) in [6.07, 6.45) is -3.63. The Balaban J connectivity index is 2.58. The molecule has 0 atom stereocenters. The van der Waals surface area contributed by atoms with Crippen molar-refractivity contribution in [2.75, 3.05) is 0 Å². The molecular formula is C11H6F4N2O. The number of rotatable bonds is 1. The van der Waals surface area contributed by atoms with Gasteiger partial charge in [0, 0.05) is 6.20 Å². The summed E-state index contributed by atoms with van der Waals surface area (Å²) in [5.41, 5.74) is -1.87. The maximum atomic E-state index is 13.1. The number of aromatic amines is 1. The molecule has 2 rings (SSSR count). The second kappa shape index (κ2) is 4.25. The van der Waals surface area contributed by atoms with Gasteiger partial charge in [-0.25, -0.2) is 14.2 Å². The zero-order chi connectivity index (χ0) is 13.3. The van der Waals surface area contributed by atoms with Crippen LogP contribution < -0.4 is 5.69 Å². The van der Waals surface area contributed by atoms with Crippen LogP contribution in [0.3, 0.4) is 0 Å². The Hall–Kier alpha value is -2.18. The quantitative estimate of drug-likeness (QED) is 0.799. The molecule has 1 N–H and O–H groups in total.